The van der Waals surface area contributed by atoms with Gasteiger partial charge >= 0.3 is 5.97 Å². The summed E-state index contributed by atoms with van der Waals surface area (Å²) in [6, 6.07) is 6.02. The largest absolute Gasteiger partial charge is 0.426 e. The summed E-state index contributed by atoms with van der Waals surface area (Å²) in [5, 5.41) is 0. The van der Waals surface area contributed by atoms with Crippen LogP contribution in [0.4, 0.5) is 0 Å². The van der Waals surface area contributed by atoms with E-state index < -0.39 is 10.0 Å². The molecule has 0 spiro atoms. The van der Waals surface area contributed by atoms with Gasteiger partial charge in [0.1, 0.15) is 5.75 Å². The smallest absolute Gasteiger partial charge is 0.314 e. The summed E-state index contributed by atoms with van der Waals surface area (Å²) < 4.78 is 37.0. The second kappa shape index (κ2) is 7.46. The lowest BCUT2D eigenvalue weighted by Gasteiger charge is -2.26. The topological polar surface area (TPSA) is 72.9 Å². The second-order valence-corrected chi connectivity index (χ2v) is 7.83. The van der Waals surface area contributed by atoms with Crippen LogP contribution >= 0.6 is 0 Å². The van der Waals surface area contributed by atoms with Gasteiger partial charge in [-0.1, -0.05) is 12.2 Å². The summed E-state index contributed by atoms with van der Waals surface area (Å²) in [6.45, 7) is 1.53. The number of carbonyl (C=O) groups is 1. The van der Waals surface area contributed by atoms with Crippen LogP contribution in [-0.2, 0) is 19.6 Å². The van der Waals surface area contributed by atoms with Crippen molar-refractivity contribution in [3.05, 3.63) is 36.4 Å². The Balaban J connectivity index is 1.66. The number of esters is 1. The maximum absolute atomic E-state index is 12.5. The molecule has 1 saturated heterocycles. The molecule has 0 aromatic heterocycles. The molecule has 0 unspecified atom stereocenters. The van der Waals surface area contributed by atoms with Crippen LogP contribution in [-0.4, -0.2) is 45.0 Å². The molecule has 1 aliphatic heterocycles. The monoisotopic (exact) mass is 351 g/mol. The van der Waals surface area contributed by atoms with E-state index in [1.807, 2.05) is 6.08 Å². The molecule has 3 rings (SSSR count). The van der Waals surface area contributed by atoms with Gasteiger partial charge in [-0.3, -0.25) is 4.79 Å². The van der Waals surface area contributed by atoms with Crippen molar-refractivity contribution < 1.29 is 22.7 Å². The molecule has 24 heavy (non-hydrogen) atoms. The zero-order valence-electron chi connectivity index (χ0n) is 13.4. The van der Waals surface area contributed by atoms with Crippen molar-refractivity contribution in [3.8, 4) is 5.75 Å². The highest BCUT2D eigenvalue weighted by Crippen LogP contribution is 2.23. The predicted octanol–water partition coefficient (Wildman–Crippen LogP) is 1.97. The van der Waals surface area contributed by atoms with E-state index in [0.29, 0.717) is 38.5 Å². The van der Waals surface area contributed by atoms with Crippen LogP contribution < -0.4 is 4.74 Å². The van der Waals surface area contributed by atoms with Crippen LogP contribution in [0.25, 0.3) is 0 Å². The van der Waals surface area contributed by atoms with Gasteiger partial charge in [0.2, 0.25) is 10.0 Å². The van der Waals surface area contributed by atoms with Crippen LogP contribution in [0, 0.1) is 5.92 Å². The average molecular weight is 351 g/mol. The number of hydrogen-bond acceptors (Lipinski definition) is 5. The summed E-state index contributed by atoms with van der Waals surface area (Å²) in [7, 11) is -3.52. The highest BCUT2D eigenvalue weighted by Gasteiger charge is 2.26. The van der Waals surface area contributed by atoms with E-state index in [9.17, 15) is 13.2 Å². The first kappa shape index (κ1) is 17.1. The first-order valence-electron chi connectivity index (χ1n) is 8.12. The highest BCUT2D eigenvalue weighted by atomic mass is 32.2. The minimum atomic E-state index is -3.52. The molecule has 0 radical (unpaired) electrons. The number of hydrogen-bond donors (Lipinski definition) is 0. The summed E-state index contributed by atoms with van der Waals surface area (Å²) in [4.78, 5) is 12.3. The third kappa shape index (κ3) is 3.85. The van der Waals surface area contributed by atoms with Gasteiger partial charge in [-0.2, -0.15) is 4.31 Å². The van der Waals surface area contributed by atoms with Gasteiger partial charge in [0.05, 0.1) is 24.0 Å². The molecule has 7 heteroatoms. The second-order valence-electron chi connectivity index (χ2n) is 5.89. The average Bonchev–Trinajstić information content (AvgIpc) is 2.63. The standard InChI is InChI=1S/C17H21NO5S/c19-17(14-4-2-1-3-5-14)23-15-6-8-16(9-7-15)24(20,21)18-10-12-22-13-11-18/h1-2,6-9,14H,3-5,10-13H2/t14-/m1/s1. The summed E-state index contributed by atoms with van der Waals surface area (Å²) in [5.41, 5.74) is 0. The van der Waals surface area contributed by atoms with Crippen molar-refractivity contribution in [2.45, 2.75) is 24.2 Å². The molecule has 1 aliphatic carbocycles. The summed E-state index contributed by atoms with van der Waals surface area (Å²) in [5.74, 6) is -0.00891. The summed E-state index contributed by atoms with van der Waals surface area (Å²) in [6.07, 6.45) is 6.43. The first-order valence-corrected chi connectivity index (χ1v) is 9.56. The third-order valence-electron chi connectivity index (χ3n) is 4.25. The minimum Gasteiger partial charge on any atom is -0.426 e. The Morgan fingerprint density at radius 3 is 2.46 bits per heavy atom. The van der Waals surface area contributed by atoms with Crippen LogP contribution in [0.5, 0.6) is 5.75 Å². The maximum Gasteiger partial charge on any atom is 0.314 e. The Bertz CT molecular complexity index is 705. The zero-order valence-corrected chi connectivity index (χ0v) is 14.2. The van der Waals surface area contributed by atoms with E-state index in [4.69, 9.17) is 9.47 Å². The normalized spacial score (nSPS) is 22.2. The van der Waals surface area contributed by atoms with Crippen LogP contribution in [0.1, 0.15) is 19.3 Å². The molecule has 2 aliphatic rings. The molecule has 0 saturated carbocycles. The quantitative estimate of drug-likeness (QED) is 0.471. The van der Waals surface area contributed by atoms with Crippen molar-refractivity contribution >= 4 is 16.0 Å². The van der Waals surface area contributed by atoms with Gasteiger partial charge in [0.25, 0.3) is 0 Å². The molecule has 1 heterocycles. The van der Waals surface area contributed by atoms with Gasteiger partial charge in [0.15, 0.2) is 0 Å². The predicted molar refractivity (Wildman–Crippen MR) is 88.1 cm³/mol. The Morgan fingerprint density at radius 2 is 1.83 bits per heavy atom. The van der Waals surface area contributed by atoms with Gasteiger partial charge in [-0.25, -0.2) is 8.42 Å². The van der Waals surface area contributed by atoms with Crippen LogP contribution in [0.3, 0.4) is 0 Å². The number of ether oxygens (including phenoxy) is 2. The van der Waals surface area contributed by atoms with E-state index in [1.165, 1.54) is 28.6 Å². The first-order chi connectivity index (χ1) is 11.6. The minimum absolute atomic E-state index is 0.119. The lowest BCUT2D eigenvalue weighted by atomic mass is 9.95. The number of sulfonamides is 1. The van der Waals surface area contributed by atoms with Crippen molar-refractivity contribution in [1.29, 1.82) is 0 Å². The number of carbonyl (C=O) groups excluding carboxylic acids is 1. The van der Waals surface area contributed by atoms with Crippen molar-refractivity contribution in [2.24, 2.45) is 5.92 Å². The molecular formula is C17H21NO5S. The summed E-state index contributed by atoms with van der Waals surface area (Å²) >= 11 is 0. The van der Waals surface area contributed by atoms with E-state index in [1.54, 1.807) is 0 Å². The molecule has 0 amide bonds. The lowest BCUT2D eigenvalue weighted by Crippen LogP contribution is -2.40. The Labute approximate surface area is 142 Å². The number of rotatable bonds is 4. The van der Waals surface area contributed by atoms with Gasteiger partial charge < -0.3 is 9.47 Å². The van der Waals surface area contributed by atoms with E-state index in [2.05, 4.69) is 6.08 Å². The maximum atomic E-state index is 12.5. The molecule has 1 atom stereocenters. The molecule has 1 aromatic rings. The van der Waals surface area contributed by atoms with Gasteiger partial charge in [0, 0.05) is 13.1 Å². The molecule has 6 nitrogen and oxygen atoms in total. The Hall–Kier alpha value is -1.70. The molecular weight excluding hydrogens is 330 g/mol. The lowest BCUT2D eigenvalue weighted by molar-refractivity contribution is -0.139. The SMILES string of the molecule is O=C(Oc1ccc(S(=O)(=O)N2CCOCC2)cc1)[C@@H]1CC=CCC1. The van der Waals surface area contributed by atoms with E-state index in [0.717, 1.165) is 12.8 Å². The number of allylic oxidation sites excluding steroid dienone is 2. The molecule has 0 N–H and O–H groups in total. The van der Waals surface area contributed by atoms with Gasteiger partial charge in [-0.15, -0.1) is 0 Å². The molecule has 1 fully saturated rings. The fourth-order valence-electron chi connectivity index (χ4n) is 2.82. The van der Waals surface area contributed by atoms with Gasteiger partial charge in [-0.05, 0) is 43.5 Å². The third-order valence-corrected chi connectivity index (χ3v) is 6.17. The molecule has 1 aromatic carbocycles. The molecule has 0 bridgehead atoms. The van der Waals surface area contributed by atoms with E-state index >= 15 is 0 Å². The number of morpholine rings is 1. The Kier molecular flexibility index (Phi) is 5.33. The zero-order chi connectivity index (χ0) is 17.0. The fraction of sp³-hybridized carbons (Fsp3) is 0.471. The van der Waals surface area contributed by atoms with Crippen molar-refractivity contribution in [3.63, 3.8) is 0 Å². The number of benzene rings is 1. The Morgan fingerprint density at radius 1 is 1.12 bits per heavy atom. The van der Waals surface area contributed by atoms with E-state index in [-0.39, 0.29) is 16.8 Å². The highest BCUT2D eigenvalue weighted by molar-refractivity contribution is 7.89. The van der Waals surface area contributed by atoms with Crippen LogP contribution in [0.2, 0.25) is 0 Å². The van der Waals surface area contributed by atoms with Crippen molar-refractivity contribution in [2.75, 3.05) is 26.3 Å². The molecule has 130 valence electrons. The number of nitrogens with zero attached hydrogens (tertiary/aromatic N) is 1. The van der Waals surface area contributed by atoms with Crippen LogP contribution in [0.15, 0.2) is 41.3 Å². The fourth-order valence-corrected chi connectivity index (χ4v) is 4.23. The van der Waals surface area contributed by atoms with Crippen molar-refractivity contribution in [1.82, 2.24) is 4.31 Å².